The molecule has 1 heterocycles. The minimum Gasteiger partial charge on any atom is -0.377 e. The van der Waals surface area contributed by atoms with Gasteiger partial charge in [-0.3, -0.25) is 4.79 Å². The second-order valence-electron chi connectivity index (χ2n) is 4.84. The fraction of sp³-hybridized carbons (Fsp3) is 0.412. The topological polar surface area (TPSA) is 89.5 Å². The van der Waals surface area contributed by atoms with Gasteiger partial charge in [0.25, 0.3) is 0 Å². The summed E-state index contributed by atoms with van der Waals surface area (Å²) in [5.41, 5.74) is 0. The first-order chi connectivity index (χ1) is 12.1. The fourth-order valence-corrected chi connectivity index (χ4v) is 1.71. The number of likely N-dealkylation sites (N-methyl/N-ethyl adjacent to an activating group) is 1. The Balaban J connectivity index is 2.33. The molecule has 0 aliphatic carbocycles. The van der Waals surface area contributed by atoms with Crippen LogP contribution in [0.15, 0.2) is 13.2 Å². The predicted molar refractivity (Wildman–Crippen MR) is 96.8 cm³/mol. The van der Waals surface area contributed by atoms with Crippen molar-refractivity contribution in [1.82, 2.24) is 20.3 Å². The van der Waals surface area contributed by atoms with Crippen molar-refractivity contribution in [3.63, 3.8) is 0 Å². The quantitative estimate of drug-likeness (QED) is 0.432. The summed E-state index contributed by atoms with van der Waals surface area (Å²) in [5.74, 6) is 3.41. The lowest BCUT2D eigenvalue weighted by Gasteiger charge is -2.17. The first-order valence-electron chi connectivity index (χ1n) is 7.68. The van der Waals surface area contributed by atoms with Crippen LogP contribution in [0, 0.1) is 12.3 Å². The highest BCUT2D eigenvalue weighted by molar-refractivity contribution is 5.80. The maximum atomic E-state index is 11.9. The average Bonchev–Trinajstić information content (AvgIpc) is 2.63. The molecule has 0 radical (unpaired) electrons. The number of nitrogens with one attached hydrogen (secondary N) is 1. The molecule has 0 atom stereocenters. The zero-order valence-electron chi connectivity index (χ0n) is 14.4. The van der Waals surface area contributed by atoms with Crippen LogP contribution >= 0.6 is 0 Å². The molecule has 1 aromatic rings. The number of aromatic nitrogens is 3. The van der Waals surface area contributed by atoms with E-state index in [1.165, 1.54) is 12.2 Å². The minimum atomic E-state index is -0.171. The largest absolute Gasteiger partial charge is 0.377 e. The molecule has 0 saturated carbocycles. The third-order valence-electron chi connectivity index (χ3n) is 2.87. The number of nitrogens with zero attached hydrogens (tertiary/aromatic N) is 4. The van der Waals surface area contributed by atoms with Crippen molar-refractivity contribution in [3.05, 3.63) is 24.8 Å². The number of hydrogen-bond acceptors (Lipinski definition) is 7. The van der Waals surface area contributed by atoms with Crippen LogP contribution in [0.25, 0.3) is 12.2 Å². The van der Waals surface area contributed by atoms with E-state index in [2.05, 4.69) is 39.3 Å². The number of terminal acetylenes is 1. The summed E-state index contributed by atoms with van der Waals surface area (Å²) in [6.07, 6.45) is 8.07. The number of rotatable bonds is 12. The van der Waals surface area contributed by atoms with E-state index < -0.39 is 0 Å². The van der Waals surface area contributed by atoms with E-state index in [0.717, 1.165) is 0 Å². The van der Waals surface area contributed by atoms with Gasteiger partial charge in [-0.2, -0.15) is 9.97 Å². The van der Waals surface area contributed by atoms with Crippen molar-refractivity contribution in [2.24, 2.45) is 0 Å². The van der Waals surface area contributed by atoms with Crippen LogP contribution in [0.5, 0.6) is 0 Å². The third kappa shape index (κ3) is 8.06. The highest BCUT2D eigenvalue weighted by Crippen LogP contribution is 2.07. The summed E-state index contributed by atoms with van der Waals surface area (Å²) in [6, 6.07) is 0. The molecule has 1 N–H and O–H groups in total. The first-order valence-corrected chi connectivity index (χ1v) is 7.68. The molecule has 8 nitrogen and oxygen atoms in total. The molecule has 0 saturated heterocycles. The number of ether oxygens (including phenoxy) is 2. The molecular formula is C17H23N5O3. The summed E-state index contributed by atoms with van der Waals surface area (Å²) in [6.45, 7) is 9.28. The summed E-state index contributed by atoms with van der Waals surface area (Å²) >= 11 is 0. The number of amides is 1. The second kappa shape index (κ2) is 11.7. The van der Waals surface area contributed by atoms with Crippen molar-refractivity contribution in [2.45, 2.75) is 0 Å². The first kappa shape index (κ1) is 20.3. The Labute approximate surface area is 148 Å². The van der Waals surface area contributed by atoms with Gasteiger partial charge in [0.1, 0.15) is 6.61 Å². The lowest BCUT2D eigenvalue weighted by molar-refractivity contribution is -0.120. The molecule has 25 heavy (non-hydrogen) atoms. The van der Waals surface area contributed by atoms with Crippen LogP contribution < -0.4 is 10.2 Å². The summed E-state index contributed by atoms with van der Waals surface area (Å²) < 4.78 is 10.4. The number of hydrogen-bond donors (Lipinski definition) is 1. The van der Waals surface area contributed by atoms with E-state index in [-0.39, 0.29) is 19.1 Å². The minimum absolute atomic E-state index is 0.0997. The molecular weight excluding hydrogens is 322 g/mol. The summed E-state index contributed by atoms with van der Waals surface area (Å²) in [7, 11) is 1.72. The zero-order chi connectivity index (χ0) is 18.5. The predicted octanol–water partition coefficient (Wildman–Crippen LogP) is 0.376. The lowest BCUT2D eigenvalue weighted by Crippen LogP contribution is -2.37. The zero-order valence-corrected chi connectivity index (χ0v) is 14.4. The molecule has 0 aliphatic rings. The average molecular weight is 345 g/mol. The van der Waals surface area contributed by atoms with Crippen LogP contribution in [-0.2, 0) is 14.3 Å². The normalized spacial score (nSPS) is 9.92. The highest BCUT2D eigenvalue weighted by Gasteiger charge is 2.11. The Morgan fingerprint density at radius 3 is 2.44 bits per heavy atom. The molecule has 0 aromatic carbocycles. The van der Waals surface area contributed by atoms with Gasteiger partial charge in [-0.1, -0.05) is 19.1 Å². The smallest absolute Gasteiger partial charge is 0.239 e. The Bertz CT molecular complexity index is 601. The number of carbonyl (C=O) groups excluding carboxylic acids is 1. The SMILES string of the molecule is C#CCOCCOCCNC(=O)CN(C)c1nc(C=C)nc(C=C)n1. The highest BCUT2D eigenvalue weighted by atomic mass is 16.5. The second-order valence-corrected chi connectivity index (χ2v) is 4.84. The van der Waals surface area contributed by atoms with Gasteiger partial charge in [0, 0.05) is 13.6 Å². The Morgan fingerprint density at radius 1 is 1.20 bits per heavy atom. The van der Waals surface area contributed by atoms with E-state index in [4.69, 9.17) is 15.9 Å². The van der Waals surface area contributed by atoms with Crippen LogP contribution in [0.3, 0.4) is 0 Å². The number of anilines is 1. The van der Waals surface area contributed by atoms with Gasteiger partial charge in [0.15, 0.2) is 11.6 Å². The van der Waals surface area contributed by atoms with Crippen molar-refractivity contribution in [3.8, 4) is 12.3 Å². The molecule has 0 unspecified atom stereocenters. The van der Waals surface area contributed by atoms with Gasteiger partial charge < -0.3 is 19.7 Å². The van der Waals surface area contributed by atoms with Gasteiger partial charge in [-0.15, -0.1) is 6.42 Å². The van der Waals surface area contributed by atoms with E-state index >= 15 is 0 Å². The Hall–Kier alpha value is -2.76. The van der Waals surface area contributed by atoms with Gasteiger partial charge in [0.05, 0.1) is 26.4 Å². The van der Waals surface area contributed by atoms with Gasteiger partial charge >= 0.3 is 0 Å². The van der Waals surface area contributed by atoms with E-state index in [0.29, 0.717) is 44.0 Å². The Morgan fingerprint density at radius 2 is 1.84 bits per heavy atom. The third-order valence-corrected chi connectivity index (χ3v) is 2.87. The maximum Gasteiger partial charge on any atom is 0.239 e. The molecule has 0 aliphatic heterocycles. The molecule has 1 amide bonds. The van der Waals surface area contributed by atoms with Crippen LogP contribution in [-0.4, -0.2) is 67.4 Å². The Kier molecular flexibility index (Phi) is 9.51. The van der Waals surface area contributed by atoms with Crippen molar-refractivity contribution in [2.75, 3.05) is 51.5 Å². The molecule has 0 bridgehead atoms. The molecule has 8 heteroatoms. The fourth-order valence-electron chi connectivity index (χ4n) is 1.71. The van der Waals surface area contributed by atoms with E-state index in [9.17, 15) is 4.79 Å². The lowest BCUT2D eigenvalue weighted by atomic mass is 10.5. The van der Waals surface area contributed by atoms with Crippen LogP contribution in [0.4, 0.5) is 5.95 Å². The van der Waals surface area contributed by atoms with Crippen molar-refractivity contribution < 1.29 is 14.3 Å². The monoisotopic (exact) mass is 345 g/mol. The summed E-state index contributed by atoms with van der Waals surface area (Å²) in [4.78, 5) is 26.1. The van der Waals surface area contributed by atoms with E-state index in [1.54, 1.807) is 11.9 Å². The molecule has 1 rings (SSSR count). The van der Waals surface area contributed by atoms with Crippen LogP contribution in [0.1, 0.15) is 11.6 Å². The molecule has 0 spiro atoms. The maximum absolute atomic E-state index is 11.9. The van der Waals surface area contributed by atoms with Crippen LogP contribution in [0.2, 0.25) is 0 Å². The van der Waals surface area contributed by atoms with Crippen molar-refractivity contribution in [1.29, 1.82) is 0 Å². The van der Waals surface area contributed by atoms with Gasteiger partial charge in [-0.25, -0.2) is 4.98 Å². The van der Waals surface area contributed by atoms with Gasteiger partial charge in [-0.05, 0) is 12.2 Å². The molecule has 134 valence electrons. The standard InChI is InChI=1S/C17H23N5O3/c1-5-9-24-11-12-25-10-8-18-16(23)13-22(4)17-20-14(6-2)19-15(7-3)21-17/h1,6-7H,2-3,8-13H2,4H3,(H,18,23). The number of carbonyl (C=O) groups is 1. The summed E-state index contributed by atoms with van der Waals surface area (Å²) in [5, 5.41) is 2.75. The van der Waals surface area contributed by atoms with Crippen molar-refractivity contribution >= 4 is 24.0 Å². The molecule has 0 fully saturated rings. The molecule has 1 aromatic heterocycles. The van der Waals surface area contributed by atoms with Gasteiger partial charge in [0.2, 0.25) is 11.9 Å². The van der Waals surface area contributed by atoms with E-state index in [1.807, 2.05) is 0 Å².